The van der Waals surface area contributed by atoms with Crippen LogP contribution >= 0.6 is 0 Å². The number of rotatable bonds is 4. The first-order valence-electron chi connectivity index (χ1n) is 7.77. The van der Waals surface area contributed by atoms with E-state index >= 15 is 0 Å². The van der Waals surface area contributed by atoms with Crippen molar-refractivity contribution in [1.82, 2.24) is 0 Å². The Bertz CT molecular complexity index is 483. The molecule has 0 saturated carbocycles. The van der Waals surface area contributed by atoms with Crippen molar-refractivity contribution >= 4 is 0 Å². The molecule has 0 aliphatic carbocycles. The fraction of sp³-hybridized carbons (Fsp3) is 0.667. The molecule has 1 aromatic carbocycles. The van der Waals surface area contributed by atoms with Gasteiger partial charge in [-0.1, -0.05) is 44.2 Å². The highest BCUT2D eigenvalue weighted by atomic mass is 16.6. The van der Waals surface area contributed by atoms with E-state index in [2.05, 4.69) is 52.0 Å². The van der Waals surface area contributed by atoms with Crippen LogP contribution in [0, 0.1) is 5.92 Å². The molecule has 2 nitrogen and oxygen atoms in total. The summed E-state index contributed by atoms with van der Waals surface area (Å²) in [4.78, 5) is 0. The second-order valence-electron chi connectivity index (χ2n) is 7.23. The summed E-state index contributed by atoms with van der Waals surface area (Å²) >= 11 is 0. The van der Waals surface area contributed by atoms with Crippen LogP contribution < -0.4 is 0 Å². The summed E-state index contributed by atoms with van der Waals surface area (Å²) in [7, 11) is 0. The fourth-order valence-electron chi connectivity index (χ4n) is 3.89. The summed E-state index contributed by atoms with van der Waals surface area (Å²) in [5, 5.41) is 0. The zero-order valence-corrected chi connectivity index (χ0v) is 13.1. The van der Waals surface area contributed by atoms with E-state index in [1.807, 2.05) is 6.07 Å². The average molecular weight is 274 g/mol. The lowest BCUT2D eigenvalue weighted by Crippen LogP contribution is -2.49. The zero-order chi connectivity index (χ0) is 14.4. The van der Waals surface area contributed by atoms with Gasteiger partial charge in [0.2, 0.25) is 0 Å². The van der Waals surface area contributed by atoms with E-state index in [4.69, 9.17) is 9.47 Å². The molecule has 110 valence electrons. The molecule has 1 aromatic rings. The Kier molecular flexibility index (Phi) is 3.22. The third-order valence-electron chi connectivity index (χ3n) is 5.66. The van der Waals surface area contributed by atoms with Crippen molar-refractivity contribution in [2.45, 2.75) is 70.4 Å². The molecule has 0 spiro atoms. The normalized spacial score (nSPS) is 39.6. The molecule has 0 aromatic heterocycles. The Labute approximate surface area is 122 Å². The first-order valence-corrected chi connectivity index (χ1v) is 7.77. The van der Waals surface area contributed by atoms with Gasteiger partial charge < -0.3 is 9.47 Å². The largest absolute Gasteiger partial charge is 0.368 e. The van der Waals surface area contributed by atoms with Crippen LogP contribution in [-0.4, -0.2) is 16.8 Å². The van der Waals surface area contributed by atoms with Gasteiger partial charge in [0.05, 0.1) is 23.4 Å². The number of hydrogen-bond acceptors (Lipinski definition) is 2. The second kappa shape index (κ2) is 4.57. The van der Waals surface area contributed by atoms with E-state index in [9.17, 15) is 0 Å². The summed E-state index contributed by atoms with van der Waals surface area (Å²) in [6, 6.07) is 10.4. The highest BCUT2D eigenvalue weighted by molar-refractivity contribution is 5.18. The van der Waals surface area contributed by atoms with Crippen LogP contribution in [0.1, 0.15) is 52.5 Å². The van der Waals surface area contributed by atoms with Gasteiger partial charge in [0.1, 0.15) is 0 Å². The molecular weight excluding hydrogens is 248 g/mol. The van der Waals surface area contributed by atoms with E-state index in [0.717, 1.165) is 12.8 Å². The lowest BCUT2D eigenvalue weighted by atomic mass is 9.69. The van der Waals surface area contributed by atoms with Gasteiger partial charge in [-0.15, -0.1) is 0 Å². The monoisotopic (exact) mass is 274 g/mol. The van der Waals surface area contributed by atoms with Crippen LogP contribution in [0.3, 0.4) is 0 Å². The van der Waals surface area contributed by atoms with E-state index in [0.29, 0.717) is 12.5 Å². The Morgan fingerprint density at radius 3 is 2.45 bits per heavy atom. The highest BCUT2D eigenvalue weighted by Crippen LogP contribution is 2.60. The summed E-state index contributed by atoms with van der Waals surface area (Å²) in [5.41, 5.74) is 0.955. The lowest BCUT2D eigenvalue weighted by molar-refractivity contribution is -0.142. The first kappa shape index (κ1) is 14.1. The van der Waals surface area contributed by atoms with E-state index in [-0.39, 0.29) is 16.8 Å². The van der Waals surface area contributed by atoms with Crippen molar-refractivity contribution in [3.05, 3.63) is 35.9 Å². The molecule has 20 heavy (non-hydrogen) atoms. The minimum Gasteiger partial charge on any atom is -0.368 e. The van der Waals surface area contributed by atoms with Gasteiger partial charge in [0, 0.05) is 6.42 Å². The van der Waals surface area contributed by atoms with Crippen molar-refractivity contribution < 1.29 is 9.47 Å². The Morgan fingerprint density at radius 2 is 1.85 bits per heavy atom. The number of hydrogen-bond donors (Lipinski definition) is 0. The fourth-order valence-corrected chi connectivity index (χ4v) is 3.89. The average Bonchev–Trinajstić information content (AvgIpc) is 2.88. The van der Waals surface area contributed by atoms with Crippen LogP contribution in [0.4, 0.5) is 0 Å². The van der Waals surface area contributed by atoms with Crippen molar-refractivity contribution in [3.8, 4) is 0 Å². The maximum Gasteiger partial charge on any atom is 0.0972 e. The van der Waals surface area contributed by atoms with Gasteiger partial charge in [-0.25, -0.2) is 0 Å². The molecule has 0 N–H and O–H groups in total. The van der Waals surface area contributed by atoms with Gasteiger partial charge in [-0.05, 0) is 38.2 Å². The number of benzene rings is 1. The Balaban J connectivity index is 1.76. The van der Waals surface area contributed by atoms with Crippen molar-refractivity contribution in [3.63, 3.8) is 0 Å². The molecule has 2 heteroatoms. The Hall–Kier alpha value is -0.860. The summed E-state index contributed by atoms with van der Waals surface area (Å²) in [5.74, 6) is 0.548. The summed E-state index contributed by atoms with van der Waals surface area (Å²) in [6.07, 6.45) is 3.29. The molecule has 3 unspecified atom stereocenters. The van der Waals surface area contributed by atoms with E-state index < -0.39 is 0 Å². The van der Waals surface area contributed by atoms with Crippen molar-refractivity contribution in [1.29, 1.82) is 0 Å². The highest BCUT2D eigenvalue weighted by Gasteiger charge is 2.66. The third-order valence-corrected chi connectivity index (χ3v) is 5.66. The molecule has 0 amide bonds. The molecule has 0 radical (unpaired) electrons. The van der Waals surface area contributed by atoms with Gasteiger partial charge in [-0.2, -0.15) is 0 Å². The summed E-state index contributed by atoms with van der Waals surface area (Å²) in [6.45, 7) is 9.68. The molecule has 2 aliphatic heterocycles. The SMILES string of the molecule is CC(C)C12CCC(C)(O1)C(C)(OCc1ccccc1)C2. The van der Waals surface area contributed by atoms with Crippen LogP contribution in [0.5, 0.6) is 0 Å². The van der Waals surface area contributed by atoms with E-state index in [1.54, 1.807) is 0 Å². The van der Waals surface area contributed by atoms with Crippen LogP contribution in [0.15, 0.2) is 30.3 Å². The van der Waals surface area contributed by atoms with Gasteiger partial charge in [0.15, 0.2) is 0 Å². The van der Waals surface area contributed by atoms with E-state index in [1.165, 1.54) is 12.0 Å². The smallest absolute Gasteiger partial charge is 0.0972 e. The van der Waals surface area contributed by atoms with Crippen LogP contribution in [0.2, 0.25) is 0 Å². The maximum atomic E-state index is 6.49. The quantitative estimate of drug-likeness (QED) is 0.813. The predicted molar refractivity (Wildman–Crippen MR) is 80.5 cm³/mol. The standard InChI is InChI=1S/C18H26O2/c1-14(2)18-11-10-16(3,20-18)17(4,13-18)19-12-15-8-6-5-7-9-15/h5-9,14H,10-13H2,1-4H3. The molecule has 2 saturated heterocycles. The second-order valence-corrected chi connectivity index (χ2v) is 7.23. The zero-order valence-electron chi connectivity index (χ0n) is 13.1. The molecule has 2 bridgehead atoms. The molecule has 2 fully saturated rings. The maximum absolute atomic E-state index is 6.49. The van der Waals surface area contributed by atoms with Crippen molar-refractivity contribution in [2.75, 3.05) is 0 Å². The molecule has 3 rings (SSSR count). The van der Waals surface area contributed by atoms with Gasteiger partial charge >= 0.3 is 0 Å². The molecule has 2 heterocycles. The van der Waals surface area contributed by atoms with Crippen molar-refractivity contribution in [2.24, 2.45) is 5.92 Å². The lowest BCUT2D eigenvalue weighted by Gasteiger charge is -2.40. The minimum absolute atomic E-state index is 0.0280. The molecule has 2 aliphatic rings. The Morgan fingerprint density at radius 1 is 1.15 bits per heavy atom. The van der Waals surface area contributed by atoms with Crippen LogP contribution in [0.25, 0.3) is 0 Å². The van der Waals surface area contributed by atoms with Gasteiger partial charge in [-0.3, -0.25) is 0 Å². The van der Waals surface area contributed by atoms with Gasteiger partial charge in [0.25, 0.3) is 0 Å². The third kappa shape index (κ3) is 2.01. The minimum atomic E-state index is -0.175. The summed E-state index contributed by atoms with van der Waals surface area (Å²) < 4.78 is 12.9. The topological polar surface area (TPSA) is 18.5 Å². The number of fused-ring (bicyclic) bond motifs is 2. The first-order chi connectivity index (χ1) is 9.39. The number of ether oxygens (including phenoxy) is 2. The molecular formula is C18H26O2. The predicted octanol–water partition coefficient (Wildman–Crippen LogP) is 4.33. The molecule has 3 atom stereocenters. The van der Waals surface area contributed by atoms with Crippen LogP contribution in [-0.2, 0) is 16.1 Å².